The Balaban J connectivity index is 3.05. The molecule has 0 fully saturated rings. The van der Waals surface area contributed by atoms with Crippen LogP contribution in [0.5, 0.6) is 11.5 Å². The van der Waals surface area contributed by atoms with Gasteiger partial charge in [-0.05, 0) is 18.2 Å². The smallest absolute Gasteiger partial charge is 0.410 e. The van der Waals surface area contributed by atoms with Crippen LogP contribution in [-0.4, -0.2) is 30.8 Å². The molecule has 0 unspecified atom stereocenters. The molecule has 0 spiro atoms. The van der Waals surface area contributed by atoms with Crippen molar-refractivity contribution in [3.8, 4) is 11.5 Å². The van der Waals surface area contributed by atoms with Crippen LogP contribution in [0.3, 0.4) is 0 Å². The largest absolute Gasteiger partial charge is 0.493 e. The van der Waals surface area contributed by atoms with Crippen LogP contribution in [0.25, 0.3) is 0 Å². The zero-order valence-electron chi connectivity index (χ0n) is 8.94. The Morgan fingerprint density at radius 2 is 2.12 bits per heavy atom. The van der Waals surface area contributed by atoms with Crippen molar-refractivity contribution in [1.82, 2.24) is 0 Å². The van der Waals surface area contributed by atoms with Gasteiger partial charge in [0.15, 0.2) is 11.5 Å². The van der Waals surface area contributed by atoms with E-state index in [1.807, 2.05) is 0 Å². The number of hydrogen-bond donors (Lipinski definition) is 2. The second-order valence-corrected chi connectivity index (χ2v) is 3.11. The second kappa shape index (κ2) is 4.96. The van der Waals surface area contributed by atoms with Crippen LogP contribution in [0.1, 0.15) is 10.4 Å². The summed E-state index contributed by atoms with van der Waals surface area (Å²) in [4.78, 5) is 10.7. The maximum Gasteiger partial charge on any atom is 0.410 e. The molecule has 5 nitrogen and oxygen atoms in total. The molecule has 0 radical (unpaired) electrons. The Morgan fingerprint density at radius 1 is 1.47 bits per heavy atom. The number of methoxy groups -OCH3 is 1. The minimum absolute atomic E-state index is 0.0923. The summed E-state index contributed by atoms with van der Waals surface area (Å²) in [5.41, 5.74) is 4.72. The standard InChI is InChI=1S/C10H11F2NO4/c1-16-8-4-6(9(14)15)2-3-7(8)17-10(11,12)5-13/h2-4H,5,13H2,1H3,(H,14,15). The number of rotatable bonds is 5. The van der Waals surface area contributed by atoms with E-state index in [0.717, 1.165) is 18.2 Å². The number of ether oxygens (including phenoxy) is 2. The SMILES string of the molecule is COc1cc(C(=O)O)ccc1OC(F)(F)CN. The summed E-state index contributed by atoms with van der Waals surface area (Å²) in [6.45, 7) is -0.989. The number of carboxylic acid groups (broad SMARTS) is 1. The first kappa shape index (κ1) is 13.2. The van der Waals surface area contributed by atoms with Crippen molar-refractivity contribution in [2.45, 2.75) is 6.11 Å². The fourth-order valence-electron chi connectivity index (χ4n) is 1.09. The zero-order valence-corrected chi connectivity index (χ0v) is 8.94. The van der Waals surface area contributed by atoms with Crippen LogP contribution >= 0.6 is 0 Å². The van der Waals surface area contributed by atoms with Crippen molar-refractivity contribution in [2.24, 2.45) is 5.73 Å². The van der Waals surface area contributed by atoms with Crippen LogP contribution in [-0.2, 0) is 0 Å². The molecule has 0 atom stereocenters. The van der Waals surface area contributed by atoms with Gasteiger partial charge in [-0.3, -0.25) is 0 Å². The Morgan fingerprint density at radius 3 is 2.59 bits per heavy atom. The van der Waals surface area contributed by atoms with Gasteiger partial charge in [-0.25, -0.2) is 4.79 Å². The molecule has 1 aromatic carbocycles. The molecular formula is C10H11F2NO4. The lowest BCUT2D eigenvalue weighted by Crippen LogP contribution is -2.34. The topological polar surface area (TPSA) is 81.8 Å². The maximum atomic E-state index is 12.9. The lowest BCUT2D eigenvalue weighted by Gasteiger charge is -2.17. The number of benzene rings is 1. The molecule has 94 valence electrons. The van der Waals surface area contributed by atoms with Crippen LogP contribution in [0.4, 0.5) is 8.78 Å². The van der Waals surface area contributed by atoms with Gasteiger partial charge in [-0.15, -0.1) is 0 Å². The van der Waals surface area contributed by atoms with E-state index in [9.17, 15) is 13.6 Å². The first-order valence-corrected chi connectivity index (χ1v) is 4.58. The normalized spacial score (nSPS) is 11.1. The molecule has 1 aromatic rings. The number of nitrogens with two attached hydrogens (primary N) is 1. The van der Waals surface area contributed by atoms with Gasteiger partial charge in [0.25, 0.3) is 0 Å². The summed E-state index contributed by atoms with van der Waals surface area (Å²) in [6, 6.07) is 3.31. The maximum absolute atomic E-state index is 12.9. The molecule has 0 bridgehead atoms. The average molecular weight is 247 g/mol. The summed E-state index contributed by atoms with van der Waals surface area (Å²) in [5.74, 6) is -1.56. The van der Waals surface area contributed by atoms with Crippen LogP contribution in [0.15, 0.2) is 18.2 Å². The quantitative estimate of drug-likeness (QED) is 0.820. The fraction of sp³-hybridized carbons (Fsp3) is 0.300. The third-order valence-corrected chi connectivity index (χ3v) is 1.91. The number of carboxylic acids is 1. The highest BCUT2D eigenvalue weighted by molar-refractivity contribution is 5.88. The van der Waals surface area contributed by atoms with Crippen molar-refractivity contribution in [2.75, 3.05) is 13.7 Å². The monoisotopic (exact) mass is 247 g/mol. The molecule has 0 saturated heterocycles. The number of alkyl halides is 2. The van der Waals surface area contributed by atoms with Crippen molar-refractivity contribution in [3.05, 3.63) is 23.8 Å². The highest BCUT2D eigenvalue weighted by Gasteiger charge is 2.30. The third-order valence-electron chi connectivity index (χ3n) is 1.91. The molecule has 0 aliphatic carbocycles. The zero-order chi connectivity index (χ0) is 13.1. The summed E-state index contributed by atoms with van der Waals surface area (Å²) >= 11 is 0. The van der Waals surface area contributed by atoms with Crippen molar-refractivity contribution in [3.63, 3.8) is 0 Å². The second-order valence-electron chi connectivity index (χ2n) is 3.11. The van der Waals surface area contributed by atoms with E-state index in [1.54, 1.807) is 0 Å². The molecule has 1 rings (SSSR count). The Kier molecular flexibility index (Phi) is 3.84. The highest BCUT2D eigenvalue weighted by atomic mass is 19.3. The van der Waals surface area contributed by atoms with Crippen LogP contribution < -0.4 is 15.2 Å². The minimum Gasteiger partial charge on any atom is -0.493 e. The molecule has 0 aliphatic rings. The van der Waals surface area contributed by atoms with Gasteiger partial charge < -0.3 is 20.3 Å². The van der Waals surface area contributed by atoms with Crippen molar-refractivity contribution in [1.29, 1.82) is 0 Å². The van der Waals surface area contributed by atoms with Gasteiger partial charge >= 0.3 is 12.1 Å². The predicted molar refractivity (Wildman–Crippen MR) is 54.6 cm³/mol. The van der Waals surface area contributed by atoms with E-state index < -0.39 is 18.6 Å². The minimum atomic E-state index is -3.53. The molecular weight excluding hydrogens is 236 g/mol. The molecule has 7 heteroatoms. The third kappa shape index (κ3) is 3.28. The van der Waals surface area contributed by atoms with Gasteiger partial charge in [0.1, 0.15) is 0 Å². The number of hydrogen-bond acceptors (Lipinski definition) is 4. The fourth-order valence-corrected chi connectivity index (χ4v) is 1.09. The van der Waals surface area contributed by atoms with E-state index in [0.29, 0.717) is 0 Å². The number of carbonyl (C=O) groups is 1. The molecule has 0 heterocycles. The summed E-state index contributed by atoms with van der Waals surface area (Å²) in [6.07, 6.45) is -3.53. The van der Waals surface area contributed by atoms with Gasteiger partial charge in [-0.1, -0.05) is 0 Å². The van der Waals surface area contributed by atoms with Gasteiger partial charge in [0, 0.05) is 0 Å². The van der Waals surface area contributed by atoms with E-state index in [-0.39, 0.29) is 17.1 Å². The van der Waals surface area contributed by atoms with Gasteiger partial charge in [-0.2, -0.15) is 8.78 Å². The molecule has 0 amide bonds. The highest BCUT2D eigenvalue weighted by Crippen LogP contribution is 2.31. The average Bonchev–Trinajstić information content (AvgIpc) is 2.29. The molecule has 17 heavy (non-hydrogen) atoms. The Bertz CT molecular complexity index is 423. The molecule has 0 aromatic heterocycles. The van der Waals surface area contributed by atoms with Crippen molar-refractivity contribution < 1.29 is 28.2 Å². The number of halogens is 2. The first-order valence-electron chi connectivity index (χ1n) is 4.58. The first-order chi connectivity index (χ1) is 7.89. The predicted octanol–water partition coefficient (Wildman–Crippen LogP) is 1.32. The summed E-state index contributed by atoms with van der Waals surface area (Å²) in [7, 11) is 1.22. The Labute approximate surface area is 95.7 Å². The van der Waals surface area contributed by atoms with Gasteiger partial charge in [0.2, 0.25) is 0 Å². The summed E-state index contributed by atoms with van der Waals surface area (Å²) < 4.78 is 34.9. The van der Waals surface area contributed by atoms with Crippen LogP contribution in [0, 0.1) is 0 Å². The molecule has 3 N–H and O–H groups in total. The summed E-state index contributed by atoms with van der Waals surface area (Å²) in [5, 5.41) is 8.71. The van der Waals surface area contributed by atoms with E-state index in [4.69, 9.17) is 15.6 Å². The Hall–Kier alpha value is -1.89. The van der Waals surface area contributed by atoms with Crippen molar-refractivity contribution >= 4 is 5.97 Å². The van der Waals surface area contributed by atoms with Gasteiger partial charge in [0.05, 0.1) is 19.2 Å². The van der Waals surface area contributed by atoms with E-state index in [1.165, 1.54) is 7.11 Å². The van der Waals surface area contributed by atoms with E-state index >= 15 is 0 Å². The number of aromatic carboxylic acids is 1. The lowest BCUT2D eigenvalue weighted by molar-refractivity contribution is -0.167. The lowest BCUT2D eigenvalue weighted by atomic mass is 10.2. The molecule has 0 aliphatic heterocycles. The van der Waals surface area contributed by atoms with E-state index in [2.05, 4.69) is 4.74 Å². The van der Waals surface area contributed by atoms with Crippen LogP contribution in [0.2, 0.25) is 0 Å². The molecule has 0 saturated carbocycles.